The van der Waals surface area contributed by atoms with Gasteiger partial charge < -0.3 is 15.3 Å². The van der Waals surface area contributed by atoms with Gasteiger partial charge in [0.15, 0.2) is 0 Å². The number of urea groups is 1. The highest BCUT2D eigenvalue weighted by Crippen LogP contribution is 2.41. The van der Waals surface area contributed by atoms with Gasteiger partial charge in [0.1, 0.15) is 5.01 Å². The summed E-state index contributed by atoms with van der Waals surface area (Å²) < 4.78 is 0. The Hall–Kier alpha value is -1.63. The Kier molecular flexibility index (Phi) is 3.61. The summed E-state index contributed by atoms with van der Waals surface area (Å²) in [6.07, 6.45) is 2.28. The zero-order valence-corrected chi connectivity index (χ0v) is 12.9. The number of thiazole rings is 1. The van der Waals surface area contributed by atoms with Gasteiger partial charge in [-0.25, -0.2) is 9.78 Å². The molecule has 7 heteroatoms. The summed E-state index contributed by atoms with van der Waals surface area (Å²) in [6.45, 7) is 3.83. The Morgan fingerprint density at radius 2 is 2.29 bits per heavy atom. The van der Waals surface area contributed by atoms with Gasteiger partial charge in [-0.2, -0.15) is 0 Å². The summed E-state index contributed by atoms with van der Waals surface area (Å²) in [5, 5.41) is 15.0. The van der Waals surface area contributed by atoms with Gasteiger partial charge in [0, 0.05) is 23.2 Å². The molecule has 21 heavy (non-hydrogen) atoms. The van der Waals surface area contributed by atoms with Crippen molar-refractivity contribution in [2.45, 2.75) is 51.2 Å². The van der Waals surface area contributed by atoms with Gasteiger partial charge in [0.25, 0.3) is 0 Å². The molecule has 0 aromatic carbocycles. The lowest BCUT2D eigenvalue weighted by Crippen LogP contribution is -2.45. The number of nitrogens with one attached hydrogen (secondary N) is 1. The van der Waals surface area contributed by atoms with Crippen LogP contribution >= 0.6 is 11.3 Å². The molecule has 1 aromatic rings. The van der Waals surface area contributed by atoms with Gasteiger partial charge in [0.2, 0.25) is 0 Å². The quantitative estimate of drug-likeness (QED) is 0.896. The van der Waals surface area contributed by atoms with Crippen LogP contribution in [0.25, 0.3) is 0 Å². The van der Waals surface area contributed by atoms with Crippen molar-refractivity contribution in [2.24, 2.45) is 5.92 Å². The van der Waals surface area contributed by atoms with Crippen molar-refractivity contribution in [2.75, 3.05) is 0 Å². The molecular formula is C14H19N3O3S. The fraction of sp³-hybridized carbons (Fsp3) is 0.643. The first-order valence-electron chi connectivity index (χ1n) is 7.21. The number of carboxylic acids is 1. The summed E-state index contributed by atoms with van der Waals surface area (Å²) >= 11 is 1.53. The van der Waals surface area contributed by atoms with Crippen LogP contribution in [0, 0.1) is 12.8 Å². The number of nitrogens with zero attached hydrogens (tertiary/aromatic N) is 2. The highest BCUT2D eigenvalue weighted by atomic mass is 32.1. The van der Waals surface area contributed by atoms with Gasteiger partial charge >= 0.3 is 12.0 Å². The van der Waals surface area contributed by atoms with E-state index in [-0.39, 0.29) is 24.2 Å². The Labute approximate surface area is 127 Å². The van der Waals surface area contributed by atoms with Gasteiger partial charge in [-0.05, 0) is 33.1 Å². The molecule has 2 aliphatic rings. The van der Waals surface area contributed by atoms with Gasteiger partial charge in [-0.1, -0.05) is 0 Å². The molecule has 6 nitrogen and oxygen atoms in total. The summed E-state index contributed by atoms with van der Waals surface area (Å²) in [5.74, 6) is -1.20. The van der Waals surface area contributed by atoms with E-state index in [1.807, 2.05) is 19.2 Å². The molecule has 2 aliphatic heterocycles. The van der Waals surface area contributed by atoms with E-state index in [1.54, 1.807) is 4.90 Å². The van der Waals surface area contributed by atoms with Gasteiger partial charge in [-0.15, -0.1) is 11.3 Å². The third-order valence-electron chi connectivity index (χ3n) is 4.44. The van der Waals surface area contributed by atoms with Crippen molar-refractivity contribution in [3.63, 3.8) is 0 Å². The molecule has 1 aromatic heterocycles. The molecule has 4 unspecified atom stereocenters. The molecule has 0 spiro atoms. The summed E-state index contributed by atoms with van der Waals surface area (Å²) in [7, 11) is 0. The highest BCUT2D eigenvalue weighted by Gasteiger charge is 2.51. The number of hydrogen-bond acceptors (Lipinski definition) is 4. The average Bonchev–Trinajstić information content (AvgIpc) is 3.11. The lowest BCUT2D eigenvalue weighted by Gasteiger charge is -2.25. The Morgan fingerprint density at radius 1 is 1.52 bits per heavy atom. The molecule has 114 valence electrons. The highest BCUT2D eigenvalue weighted by molar-refractivity contribution is 7.09. The molecule has 0 aliphatic carbocycles. The normalized spacial score (nSPS) is 28.7. The van der Waals surface area contributed by atoms with Crippen LogP contribution in [0.15, 0.2) is 5.38 Å². The van der Waals surface area contributed by atoms with E-state index >= 15 is 0 Å². The molecule has 2 saturated heterocycles. The molecule has 2 fully saturated rings. The van der Waals surface area contributed by atoms with Crippen LogP contribution < -0.4 is 5.32 Å². The van der Waals surface area contributed by atoms with E-state index in [1.165, 1.54) is 11.3 Å². The largest absolute Gasteiger partial charge is 0.481 e. The minimum Gasteiger partial charge on any atom is -0.481 e. The topological polar surface area (TPSA) is 82.5 Å². The smallest absolute Gasteiger partial charge is 0.318 e. The fourth-order valence-corrected chi connectivity index (χ4v) is 4.27. The van der Waals surface area contributed by atoms with E-state index in [0.717, 1.165) is 23.5 Å². The van der Waals surface area contributed by atoms with Crippen molar-refractivity contribution in [3.05, 3.63) is 16.1 Å². The second-order valence-corrected chi connectivity index (χ2v) is 6.77. The summed E-state index contributed by atoms with van der Waals surface area (Å²) in [6, 6.07) is -0.398. The number of aliphatic carboxylic acids is 1. The second kappa shape index (κ2) is 5.29. The third-order valence-corrected chi connectivity index (χ3v) is 5.58. The lowest BCUT2D eigenvalue weighted by molar-refractivity contribution is -0.142. The number of hydrogen-bond donors (Lipinski definition) is 2. The number of carboxylic acid groups (broad SMARTS) is 1. The summed E-state index contributed by atoms with van der Waals surface area (Å²) in [5.41, 5.74) is 0.947. The first-order valence-corrected chi connectivity index (χ1v) is 8.09. The van der Waals surface area contributed by atoms with Crippen LogP contribution in [0.2, 0.25) is 0 Å². The monoisotopic (exact) mass is 309 g/mol. The Morgan fingerprint density at radius 3 is 2.86 bits per heavy atom. The van der Waals surface area contributed by atoms with Crippen LogP contribution in [-0.2, 0) is 4.79 Å². The molecule has 3 rings (SSSR count). The predicted molar refractivity (Wildman–Crippen MR) is 78.2 cm³/mol. The van der Waals surface area contributed by atoms with Crippen molar-refractivity contribution >= 4 is 23.3 Å². The maximum absolute atomic E-state index is 12.5. The second-order valence-electron chi connectivity index (χ2n) is 5.88. The molecule has 2 bridgehead atoms. The molecule has 0 saturated carbocycles. The first kappa shape index (κ1) is 14.3. The van der Waals surface area contributed by atoms with Crippen LogP contribution in [0.3, 0.4) is 0 Å². The van der Waals surface area contributed by atoms with Gasteiger partial charge in [0.05, 0.1) is 12.0 Å². The van der Waals surface area contributed by atoms with Crippen molar-refractivity contribution in [1.29, 1.82) is 0 Å². The van der Waals surface area contributed by atoms with E-state index in [4.69, 9.17) is 0 Å². The number of amides is 2. The minimum atomic E-state index is -0.788. The molecule has 2 N–H and O–H groups in total. The first-order chi connectivity index (χ1) is 9.97. The molecule has 3 heterocycles. The van der Waals surface area contributed by atoms with Crippen LogP contribution in [-0.4, -0.2) is 39.1 Å². The maximum Gasteiger partial charge on any atom is 0.318 e. The zero-order chi connectivity index (χ0) is 15.1. The van der Waals surface area contributed by atoms with E-state index in [9.17, 15) is 14.7 Å². The predicted octanol–water partition coefficient (Wildman–Crippen LogP) is 2.16. The average molecular weight is 309 g/mol. The fourth-order valence-electron chi connectivity index (χ4n) is 3.46. The van der Waals surface area contributed by atoms with E-state index in [0.29, 0.717) is 6.42 Å². The molecular weight excluding hydrogens is 290 g/mol. The maximum atomic E-state index is 12.5. The number of carbonyl (C=O) groups excluding carboxylic acids is 1. The van der Waals surface area contributed by atoms with Gasteiger partial charge in [-0.3, -0.25) is 4.79 Å². The lowest BCUT2D eigenvalue weighted by atomic mass is 9.89. The van der Waals surface area contributed by atoms with Crippen molar-refractivity contribution < 1.29 is 14.7 Å². The number of carbonyl (C=O) groups is 2. The van der Waals surface area contributed by atoms with E-state index in [2.05, 4.69) is 10.3 Å². The zero-order valence-electron chi connectivity index (χ0n) is 12.1. The number of aromatic nitrogens is 1. The number of aryl methyl sites for hydroxylation is 1. The van der Waals surface area contributed by atoms with Crippen LogP contribution in [0.5, 0.6) is 0 Å². The summed E-state index contributed by atoms with van der Waals surface area (Å²) in [4.78, 5) is 29.8. The molecule has 2 amide bonds. The third kappa shape index (κ3) is 2.50. The van der Waals surface area contributed by atoms with Crippen LogP contribution in [0.1, 0.15) is 42.9 Å². The standard InChI is InChI=1S/C14H19N3O3S/c1-7-6-21-12(15-7)8(2)16-14(20)17-9-3-4-11(17)10(5-9)13(18)19/h6,8-11H,3-5H2,1-2H3,(H,16,20)(H,18,19). The van der Waals surface area contributed by atoms with Crippen LogP contribution in [0.4, 0.5) is 4.79 Å². The van der Waals surface area contributed by atoms with Crippen molar-refractivity contribution in [3.8, 4) is 0 Å². The van der Waals surface area contributed by atoms with Crippen molar-refractivity contribution in [1.82, 2.24) is 15.2 Å². The molecule has 4 atom stereocenters. The minimum absolute atomic E-state index is 0.0707. The SMILES string of the molecule is Cc1csc(C(C)NC(=O)N2C3CCC2C(C(=O)O)C3)n1. The number of rotatable bonds is 3. The molecule has 0 radical (unpaired) electrons. The Balaban J connectivity index is 1.67. The van der Waals surface area contributed by atoms with E-state index < -0.39 is 11.9 Å². The number of fused-ring (bicyclic) bond motifs is 2. The Bertz CT molecular complexity index is 574.